The zero-order valence-corrected chi connectivity index (χ0v) is 22.4. The van der Waals surface area contributed by atoms with Gasteiger partial charge in [-0.05, 0) is 49.2 Å². The summed E-state index contributed by atoms with van der Waals surface area (Å²) in [6, 6.07) is 24.6. The molecule has 41 heavy (non-hydrogen) atoms. The maximum atomic E-state index is 13.3. The molecule has 9 heteroatoms. The van der Waals surface area contributed by atoms with Crippen LogP contribution < -0.4 is 0 Å². The summed E-state index contributed by atoms with van der Waals surface area (Å²) in [7, 11) is 0. The number of aliphatic hydroxyl groups excluding tert-OH is 1. The van der Waals surface area contributed by atoms with E-state index in [0.717, 1.165) is 0 Å². The minimum absolute atomic E-state index is 0.196. The van der Waals surface area contributed by atoms with Crippen molar-refractivity contribution >= 4 is 17.9 Å². The van der Waals surface area contributed by atoms with Crippen LogP contribution >= 0.6 is 0 Å². The fourth-order valence-electron chi connectivity index (χ4n) is 4.29. The van der Waals surface area contributed by atoms with Crippen molar-refractivity contribution in [2.45, 2.75) is 43.5 Å². The van der Waals surface area contributed by atoms with Crippen LogP contribution in [0.1, 0.15) is 43.9 Å². The van der Waals surface area contributed by atoms with Crippen LogP contribution in [0.3, 0.4) is 0 Å². The van der Waals surface area contributed by atoms with Crippen molar-refractivity contribution in [1.29, 1.82) is 0 Å². The zero-order valence-electron chi connectivity index (χ0n) is 22.4. The first kappa shape index (κ1) is 29.7. The van der Waals surface area contributed by atoms with Gasteiger partial charge in [-0.25, -0.2) is 14.4 Å². The van der Waals surface area contributed by atoms with E-state index in [-0.39, 0.29) is 23.3 Å². The molecule has 1 aliphatic rings. The molecule has 0 saturated carbocycles. The van der Waals surface area contributed by atoms with Crippen molar-refractivity contribution in [3.05, 3.63) is 120 Å². The predicted octanol–water partition coefficient (Wildman–Crippen LogP) is 4.36. The van der Waals surface area contributed by atoms with Gasteiger partial charge in [0.2, 0.25) is 0 Å². The van der Waals surface area contributed by atoms with Gasteiger partial charge in [-0.1, -0.05) is 60.7 Å². The zero-order chi connectivity index (χ0) is 29.0. The lowest BCUT2D eigenvalue weighted by Crippen LogP contribution is -2.63. The summed E-state index contributed by atoms with van der Waals surface area (Å²) >= 11 is 0. The van der Waals surface area contributed by atoms with Crippen LogP contribution in [0.15, 0.2) is 104 Å². The smallest absolute Gasteiger partial charge is 0.338 e. The summed E-state index contributed by atoms with van der Waals surface area (Å²) in [5.41, 5.74) is 0.704. The molecule has 0 radical (unpaired) electrons. The first-order chi connectivity index (χ1) is 20.0. The third kappa shape index (κ3) is 7.88. The Kier molecular flexibility index (Phi) is 10.8. The molecular weight excluding hydrogens is 528 g/mol. The second-order valence-corrected chi connectivity index (χ2v) is 9.24. The van der Waals surface area contributed by atoms with Crippen molar-refractivity contribution in [2.75, 3.05) is 13.2 Å². The highest BCUT2D eigenvalue weighted by atomic mass is 16.7. The normalized spacial score (nSPS) is 21.8. The molecule has 0 spiro atoms. The van der Waals surface area contributed by atoms with E-state index in [1.54, 1.807) is 97.1 Å². The number of carbonyl (C=O) groups is 3. The lowest BCUT2D eigenvalue weighted by Gasteiger charge is -2.44. The Labute approximate surface area is 238 Å². The molecule has 214 valence electrons. The molecule has 3 aromatic rings. The topological polar surface area (TPSA) is 118 Å². The maximum absolute atomic E-state index is 13.3. The number of rotatable bonds is 12. The SMILES string of the molecule is C=CCCCOC1O[C@H](CO)[C@@H](OC(=O)c2ccccc2)[C@H](OC(=O)c2ccccc2)[C@H]1OC(=O)c1ccccc1. The van der Waals surface area contributed by atoms with Gasteiger partial charge in [-0.2, -0.15) is 0 Å². The summed E-state index contributed by atoms with van der Waals surface area (Å²) in [6.45, 7) is 3.30. The highest BCUT2D eigenvalue weighted by molar-refractivity contribution is 5.91. The highest BCUT2D eigenvalue weighted by Gasteiger charge is 2.53. The average Bonchev–Trinajstić information content (AvgIpc) is 3.02. The van der Waals surface area contributed by atoms with Crippen LogP contribution in [0.2, 0.25) is 0 Å². The van der Waals surface area contributed by atoms with Gasteiger partial charge in [-0.15, -0.1) is 6.58 Å². The summed E-state index contributed by atoms with van der Waals surface area (Å²) in [6.07, 6.45) is -3.51. The van der Waals surface area contributed by atoms with Gasteiger partial charge < -0.3 is 28.8 Å². The van der Waals surface area contributed by atoms with Crippen LogP contribution in [0.4, 0.5) is 0 Å². The van der Waals surface area contributed by atoms with Crippen LogP contribution in [-0.2, 0) is 23.7 Å². The summed E-state index contributed by atoms with van der Waals surface area (Å²) < 4.78 is 29.4. The standard InChI is InChI=1S/C32H32O9/c1-2-3-13-20-37-32-28(41-31(36)24-18-11-6-12-19-24)27(40-30(35)23-16-9-5-10-17-23)26(25(21-33)38-32)39-29(34)22-14-7-4-8-15-22/h2,4-12,14-19,25-28,32-33H,1,3,13,20-21H2/t25-,26-,27+,28-,32?/m1/s1. The van der Waals surface area contributed by atoms with Crippen LogP contribution in [0.25, 0.3) is 0 Å². The first-order valence-electron chi connectivity index (χ1n) is 13.3. The van der Waals surface area contributed by atoms with Crippen LogP contribution in [0.5, 0.6) is 0 Å². The number of aliphatic hydroxyl groups is 1. The molecule has 0 aromatic heterocycles. The number of hydrogen-bond acceptors (Lipinski definition) is 9. The molecule has 5 atom stereocenters. The molecule has 1 heterocycles. The average molecular weight is 561 g/mol. The number of esters is 3. The number of unbranched alkanes of at least 4 members (excludes halogenated alkanes) is 1. The van der Waals surface area contributed by atoms with Crippen molar-refractivity contribution in [1.82, 2.24) is 0 Å². The molecule has 1 fully saturated rings. The van der Waals surface area contributed by atoms with Crippen molar-refractivity contribution in [2.24, 2.45) is 0 Å². The summed E-state index contributed by atoms with van der Waals surface area (Å²) in [5.74, 6) is -2.21. The molecule has 0 aliphatic carbocycles. The van der Waals surface area contributed by atoms with Gasteiger partial charge in [-0.3, -0.25) is 0 Å². The Morgan fingerprint density at radius 1 is 0.707 bits per heavy atom. The Morgan fingerprint density at radius 2 is 1.15 bits per heavy atom. The Hall–Kier alpha value is -4.31. The molecule has 4 rings (SSSR count). The monoisotopic (exact) mass is 560 g/mol. The number of carbonyl (C=O) groups excluding carboxylic acids is 3. The molecule has 1 unspecified atom stereocenters. The number of allylic oxidation sites excluding steroid dienone is 1. The minimum atomic E-state index is -1.39. The Bertz CT molecular complexity index is 1280. The quantitative estimate of drug-likeness (QED) is 0.149. The van der Waals surface area contributed by atoms with E-state index >= 15 is 0 Å². The second kappa shape index (κ2) is 14.9. The molecule has 1 aliphatic heterocycles. The van der Waals surface area contributed by atoms with Gasteiger partial charge in [0.05, 0.1) is 29.9 Å². The van der Waals surface area contributed by atoms with Crippen LogP contribution in [-0.4, -0.2) is 66.9 Å². The predicted molar refractivity (Wildman–Crippen MR) is 148 cm³/mol. The van der Waals surface area contributed by atoms with E-state index in [1.165, 1.54) is 0 Å². The van der Waals surface area contributed by atoms with Crippen LogP contribution in [0, 0.1) is 0 Å². The lowest BCUT2D eigenvalue weighted by atomic mass is 9.97. The molecule has 3 aromatic carbocycles. The molecule has 1 N–H and O–H groups in total. The van der Waals surface area contributed by atoms with Gasteiger partial charge in [0, 0.05) is 0 Å². The van der Waals surface area contributed by atoms with E-state index in [1.807, 2.05) is 0 Å². The Morgan fingerprint density at radius 3 is 1.59 bits per heavy atom. The van der Waals surface area contributed by atoms with E-state index in [0.29, 0.717) is 12.8 Å². The van der Waals surface area contributed by atoms with Gasteiger partial charge in [0.25, 0.3) is 0 Å². The molecule has 0 bridgehead atoms. The molecular formula is C32H32O9. The van der Waals surface area contributed by atoms with E-state index in [2.05, 4.69) is 6.58 Å². The maximum Gasteiger partial charge on any atom is 0.338 e. The number of ether oxygens (including phenoxy) is 5. The van der Waals surface area contributed by atoms with E-state index < -0.39 is 55.2 Å². The molecule has 9 nitrogen and oxygen atoms in total. The molecule has 0 amide bonds. The fourth-order valence-corrected chi connectivity index (χ4v) is 4.29. The van der Waals surface area contributed by atoms with Crippen molar-refractivity contribution in [3.8, 4) is 0 Å². The molecule has 1 saturated heterocycles. The van der Waals surface area contributed by atoms with E-state index in [9.17, 15) is 19.5 Å². The first-order valence-corrected chi connectivity index (χ1v) is 13.3. The van der Waals surface area contributed by atoms with Gasteiger partial charge in [0.1, 0.15) is 6.10 Å². The number of benzene rings is 3. The third-order valence-electron chi connectivity index (χ3n) is 6.36. The van der Waals surface area contributed by atoms with Gasteiger partial charge >= 0.3 is 17.9 Å². The van der Waals surface area contributed by atoms with Gasteiger partial charge in [0.15, 0.2) is 24.6 Å². The third-order valence-corrected chi connectivity index (χ3v) is 6.36. The van der Waals surface area contributed by atoms with Crippen molar-refractivity contribution in [3.63, 3.8) is 0 Å². The largest absolute Gasteiger partial charge is 0.452 e. The highest BCUT2D eigenvalue weighted by Crippen LogP contribution is 2.31. The van der Waals surface area contributed by atoms with Crippen molar-refractivity contribution < 1.29 is 43.2 Å². The summed E-state index contributed by atoms with van der Waals surface area (Å²) in [4.78, 5) is 39.6. The van der Waals surface area contributed by atoms with E-state index in [4.69, 9.17) is 23.7 Å². The summed E-state index contributed by atoms with van der Waals surface area (Å²) in [5, 5.41) is 10.3. The lowest BCUT2D eigenvalue weighted by molar-refractivity contribution is -0.298. The fraction of sp³-hybridized carbons (Fsp3) is 0.281. The Balaban J connectivity index is 1.70. The minimum Gasteiger partial charge on any atom is -0.452 e. The number of hydrogen-bond donors (Lipinski definition) is 1. The second-order valence-electron chi connectivity index (χ2n) is 9.24.